The normalized spacial score (nSPS) is 16.0. The molecule has 0 bridgehead atoms. The molecule has 0 heterocycles. The van der Waals surface area contributed by atoms with Crippen molar-refractivity contribution in [1.82, 2.24) is 0 Å². The van der Waals surface area contributed by atoms with E-state index in [1.807, 2.05) is 48.0 Å². The fourth-order valence-electron chi connectivity index (χ4n) is 3.82. The Balaban J connectivity index is 1.93. The Morgan fingerprint density at radius 3 is 2.50 bits per heavy atom. The minimum atomic E-state index is -0.408. The summed E-state index contributed by atoms with van der Waals surface area (Å²) in [4.78, 5) is 17.0. The Kier molecular flexibility index (Phi) is 8.40. The predicted octanol–water partition coefficient (Wildman–Crippen LogP) is 6.82. The molecule has 0 aliphatic heterocycles. The van der Waals surface area contributed by atoms with Crippen molar-refractivity contribution >= 4 is 46.1 Å². The lowest BCUT2D eigenvalue weighted by atomic mass is 9.91. The van der Waals surface area contributed by atoms with E-state index in [-0.39, 0.29) is 5.25 Å². The first kappa shape index (κ1) is 22.4. The van der Waals surface area contributed by atoms with Crippen molar-refractivity contribution in [3.05, 3.63) is 70.9 Å². The lowest BCUT2D eigenvalue weighted by Crippen LogP contribution is -2.12. The fraction of sp³-hybridized carbons (Fsp3) is 0.333. The summed E-state index contributed by atoms with van der Waals surface area (Å²) in [5.74, 6) is 0.114. The highest BCUT2D eigenvalue weighted by Gasteiger charge is 2.30. The first-order chi connectivity index (χ1) is 14.6. The maximum Gasteiger partial charge on any atom is 0.341 e. The number of rotatable bonds is 8. The van der Waals surface area contributed by atoms with Crippen LogP contribution in [0.3, 0.4) is 0 Å². The van der Waals surface area contributed by atoms with Crippen LogP contribution in [-0.2, 0) is 14.3 Å². The van der Waals surface area contributed by atoms with Crippen molar-refractivity contribution in [1.29, 1.82) is 0 Å². The van der Waals surface area contributed by atoms with Crippen LogP contribution in [0.25, 0.3) is 5.57 Å². The summed E-state index contributed by atoms with van der Waals surface area (Å²) in [6.07, 6.45) is 6.26. The summed E-state index contributed by atoms with van der Waals surface area (Å²) in [6, 6.07) is 15.5. The number of hydrogen-bond donors (Lipinski definition) is 0. The Bertz CT molecular complexity index is 905. The van der Waals surface area contributed by atoms with Gasteiger partial charge in [0.2, 0.25) is 0 Å². The van der Waals surface area contributed by atoms with Gasteiger partial charge in [0.25, 0.3) is 0 Å². The van der Waals surface area contributed by atoms with Gasteiger partial charge in [-0.2, -0.15) is 0 Å². The van der Waals surface area contributed by atoms with Gasteiger partial charge in [-0.05, 0) is 54.2 Å². The highest BCUT2D eigenvalue weighted by atomic mass is 35.5. The Hall–Kier alpha value is -2.24. The van der Waals surface area contributed by atoms with E-state index in [0.29, 0.717) is 16.5 Å². The number of carbonyl (C=O) groups is 1. The van der Waals surface area contributed by atoms with E-state index in [4.69, 9.17) is 21.1 Å². The number of benzene rings is 2. The molecule has 0 radical (unpaired) electrons. The van der Waals surface area contributed by atoms with Gasteiger partial charge in [-0.3, -0.25) is 4.99 Å². The van der Waals surface area contributed by atoms with E-state index < -0.39 is 5.97 Å². The number of methoxy groups -OCH3 is 2. The number of halogens is 1. The molecule has 4 nitrogen and oxygen atoms in total. The van der Waals surface area contributed by atoms with Gasteiger partial charge in [0.15, 0.2) is 0 Å². The van der Waals surface area contributed by atoms with E-state index in [0.717, 1.165) is 16.8 Å². The molecule has 3 rings (SSSR count). The Morgan fingerprint density at radius 2 is 1.83 bits per heavy atom. The molecule has 158 valence electrons. The largest absolute Gasteiger partial charge is 0.503 e. The van der Waals surface area contributed by atoms with Gasteiger partial charge in [-0.15, -0.1) is 11.8 Å². The number of esters is 1. The van der Waals surface area contributed by atoms with Crippen molar-refractivity contribution in [2.45, 2.75) is 30.9 Å². The van der Waals surface area contributed by atoms with E-state index >= 15 is 0 Å². The smallest absolute Gasteiger partial charge is 0.341 e. The SMILES string of the molecule is COC=C(C(=O)OC)c1ccccc1C(SC=Nc1ccc(Cl)cc1)C1CCCC1. The third-order valence-electron chi connectivity index (χ3n) is 5.26. The van der Waals surface area contributed by atoms with Crippen molar-refractivity contribution in [3.8, 4) is 0 Å². The lowest BCUT2D eigenvalue weighted by Gasteiger charge is -2.24. The second-order valence-corrected chi connectivity index (χ2v) is 8.59. The number of carbonyl (C=O) groups excluding carboxylic acids is 1. The summed E-state index contributed by atoms with van der Waals surface area (Å²) in [5, 5.41) is 0.879. The van der Waals surface area contributed by atoms with E-state index in [1.165, 1.54) is 46.2 Å². The molecular formula is C24H26ClNO3S. The molecule has 1 unspecified atom stereocenters. The molecule has 2 aromatic rings. The number of nitrogens with zero attached hydrogens (tertiary/aromatic N) is 1. The van der Waals surface area contributed by atoms with Gasteiger partial charge in [0.05, 0.1) is 31.7 Å². The van der Waals surface area contributed by atoms with E-state index in [2.05, 4.69) is 11.1 Å². The zero-order valence-electron chi connectivity index (χ0n) is 17.2. The molecule has 1 atom stereocenters. The van der Waals surface area contributed by atoms with Crippen LogP contribution in [0.15, 0.2) is 59.8 Å². The zero-order valence-corrected chi connectivity index (χ0v) is 18.8. The first-order valence-corrected chi connectivity index (χ1v) is 11.3. The molecule has 6 heteroatoms. The lowest BCUT2D eigenvalue weighted by molar-refractivity contribution is -0.133. The van der Waals surface area contributed by atoms with E-state index in [1.54, 1.807) is 11.8 Å². The minimum Gasteiger partial charge on any atom is -0.503 e. The van der Waals surface area contributed by atoms with Gasteiger partial charge >= 0.3 is 5.97 Å². The number of aliphatic imine (C=N–C) groups is 1. The summed E-state index contributed by atoms with van der Waals surface area (Å²) in [6.45, 7) is 0. The van der Waals surface area contributed by atoms with Crippen molar-refractivity contribution in [3.63, 3.8) is 0 Å². The van der Waals surface area contributed by atoms with Gasteiger partial charge in [0, 0.05) is 10.3 Å². The molecule has 1 saturated carbocycles. The highest BCUT2D eigenvalue weighted by molar-refractivity contribution is 8.12. The number of ether oxygens (including phenoxy) is 2. The van der Waals surface area contributed by atoms with Crippen molar-refractivity contribution < 1.29 is 14.3 Å². The zero-order chi connectivity index (χ0) is 21.3. The molecular weight excluding hydrogens is 418 g/mol. The average Bonchev–Trinajstić information content (AvgIpc) is 3.30. The third-order valence-corrected chi connectivity index (χ3v) is 6.67. The van der Waals surface area contributed by atoms with Crippen LogP contribution in [0, 0.1) is 5.92 Å². The molecule has 1 aliphatic carbocycles. The molecule has 1 fully saturated rings. The van der Waals surface area contributed by atoms with Crippen LogP contribution in [-0.4, -0.2) is 25.7 Å². The molecule has 0 amide bonds. The number of hydrogen-bond acceptors (Lipinski definition) is 5. The monoisotopic (exact) mass is 443 g/mol. The van der Waals surface area contributed by atoms with Crippen LogP contribution in [0.5, 0.6) is 0 Å². The van der Waals surface area contributed by atoms with Gasteiger partial charge in [-0.25, -0.2) is 4.79 Å². The molecule has 2 aromatic carbocycles. The van der Waals surface area contributed by atoms with Crippen LogP contribution in [0.2, 0.25) is 5.02 Å². The second-order valence-electron chi connectivity index (χ2n) is 7.16. The van der Waals surface area contributed by atoms with Crippen LogP contribution in [0.1, 0.15) is 42.1 Å². The highest BCUT2D eigenvalue weighted by Crippen LogP contribution is 2.45. The van der Waals surface area contributed by atoms with Crippen molar-refractivity contribution in [2.75, 3.05) is 14.2 Å². The molecule has 30 heavy (non-hydrogen) atoms. The molecule has 0 N–H and O–H groups in total. The van der Waals surface area contributed by atoms with E-state index in [9.17, 15) is 4.79 Å². The summed E-state index contributed by atoms with van der Waals surface area (Å²) < 4.78 is 10.2. The standard InChI is InChI=1S/C24H26ClNO3S/c1-28-15-22(24(27)29-2)20-9-5-6-10-21(20)23(17-7-3-4-8-17)30-16-26-19-13-11-18(25)12-14-19/h5-6,9-17,23H,3-4,7-8H2,1-2H3. The van der Waals surface area contributed by atoms with Gasteiger partial charge in [0.1, 0.15) is 5.57 Å². The second kappa shape index (κ2) is 11.2. The molecule has 1 aliphatic rings. The van der Waals surface area contributed by atoms with Gasteiger partial charge in [-0.1, -0.05) is 48.7 Å². The van der Waals surface area contributed by atoms with Crippen LogP contribution in [0.4, 0.5) is 5.69 Å². The number of thioether (sulfide) groups is 1. The fourth-order valence-corrected chi connectivity index (χ4v) is 5.11. The minimum absolute atomic E-state index is 0.185. The maximum atomic E-state index is 12.4. The third kappa shape index (κ3) is 5.67. The predicted molar refractivity (Wildman–Crippen MR) is 125 cm³/mol. The summed E-state index contributed by atoms with van der Waals surface area (Å²) >= 11 is 7.66. The Labute approximate surface area is 187 Å². The average molecular weight is 444 g/mol. The van der Waals surface area contributed by atoms with Gasteiger partial charge < -0.3 is 9.47 Å². The topological polar surface area (TPSA) is 47.9 Å². The molecule has 0 aromatic heterocycles. The first-order valence-electron chi connectivity index (χ1n) is 9.98. The van der Waals surface area contributed by atoms with Crippen LogP contribution >= 0.6 is 23.4 Å². The maximum absolute atomic E-state index is 12.4. The van der Waals surface area contributed by atoms with Crippen molar-refractivity contribution in [2.24, 2.45) is 10.9 Å². The quantitative estimate of drug-likeness (QED) is 0.147. The summed E-state index contributed by atoms with van der Waals surface area (Å²) in [7, 11) is 2.92. The summed E-state index contributed by atoms with van der Waals surface area (Å²) in [5.41, 5.74) is 5.13. The van der Waals surface area contributed by atoms with Crippen LogP contribution < -0.4 is 0 Å². The molecule has 0 spiro atoms. The molecule has 0 saturated heterocycles. The Morgan fingerprint density at radius 1 is 1.13 bits per heavy atom.